The molecule has 2 rings (SSSR count). The Hall–Kier alpha value is -2.36. The molecule has 0 spiro atoms. The Morgan fingerprint density at radius 2 is 1.95 bits per heavy atom. The van der Waals surface area contributed by atoms with Gasteiger partial charge in [-0.05, 0) is 13.0 Å². The van der Waals surface area contributed by atoms with Gasteiger partial charge < -0.3 is 9.84 Å². The smallest absolute Gasteiger partial charge is 0.312 e. The number of pyridine rings is 1. The van der Waals surface area contributed by atoms with Crippen LogP contribution in [0.25, 0.3) is 11.3 Å². The minimum atomic E-state index is -0.532. The molecule has 2 aromatic rings. The minimum absolute atomic E-state index is 0.0200. The third-order valence-electron chi connectivity index (χ3n) is 3.02. The summed E-state index contributed by atoms with van der Waals surface area (Å²) in [4.78, 5) is 15.7. The number of aromatic hydroxyl groups is 1. The van der Waals surface area contributed by atoms with Crippen LogP contribution in [-0.2, 0) is 9.53 Å². The maximum atomic E-state index is 11.6. The van der Waals surface area contributed by atoms with Gasteiger partial charge in [0.2, 0.25) is 0 Å². The quantitative estimate of drug-likeness (QED) is 0.859. The Morgan fingerprint density at radius 3 is 2.58 bits per heavy atom. The van der Waals surface area contributed by atoms with Gasteiger partial charge in [-0.25, -0.2) is 0 Å². The molecule has 0 aliphatic carbocycles. The van der Waals surface area contributed by atoms with E-state index in [1.807, 2.05) is 30.3 Å². The summed E-state index contributed by atoms with van der Waals surface area (Å²) in [5.41, 5.74) is 1.79. The molecule has 19 heavy (non-hydrogen) atoms. The van der Waals surface area contributed by atoms with E-state index in [-0.39, 0.29) is 11.7 Å². The minimum Gasteiger partial charge on any atom is -0.505 e. The molecule has 0 saturated carbocycles. The number of aromatic nitrogens is 1. The second-order valence-electron chi connectivity index (χ2n) is 4.21. The van der Waals surface area contributed by atoms with Crippen molar-refractivity contribution in [3.63, 3.8) is 0 Å². The number of rotatable bonds is 3. The topological polar surface area (TPSA) is 59.4 Å². The number of hydrogen-bond acceptors (Lipinski definition) is 4. The fourth-order valence-electron chi connectivity index (χ4n) is 1.93. The van der Waals surface area contributed by atoms with Crippen LogP contribution >= 0.6 is 0 Å². The molecule has 1 N–H and O–H groups in total. The summed E-state index contributed by atoms with van der Waals surface area (Å²) in [6.45, 7) is 1.69. The second-order valence-corrected chi connectivity index (χ2v) is 4.21. The van der Waals surface area contributed by atoms with Gasteiger partial charge in [-0.1, -0.05) is 30.3 Å². The van der Waals surface area contributed by atoms with Crippen molar-refractivity contribution in [1.29, 1.82) is 0 Å². The molecule has 1 atom stereocenters. The van der Waals surface area contributed by atoms with Crippen LogP contribution in [0.1, 0.15) is 18.4 Å². The molecular weight excluding hydrogens is 242 g/mol. The Balaban J connectivity index is 2.47. The zero-order valence-electron chi connectivity index (χ0n) is 10.8. The van der Waals surface area contributed by atoms with Crippen LogP contribution in [0.4, 0.5) is 0 Å². The lowest BCUT2D eigenvalue weighted by molar-refractivity contribution is -0.142. The van der Waals surface area contributed by atoms with Crippen LogP contribution in [0, 0.1) is 0 Å². The average molecular weight is 257 g/mol. The molecule has 0 bridgehead atoms. The lowest BCUT2D eigenvalue weighted by Gasteiger charge is -2.13. The van der Waals surface area contributed by atoms with Crippen LogP contribution in [0.15, 0.2) is 42.6 Å². The number of benzene rings is 1. The first-order valence-electron chi connectivity index (χ1n) is 5.96. The highest BCUT2D eigenvalue weighted by Gasteiger charge is 2.21. The highest BCUT2D eigenvalue weighted by Crippen LogP contribution is 2.34. The van der Waals surface area contributed by atoms with Crippen molar-refractivity contribution in [2.75, 3.05) is 7.11 Å². The summed E-state index contributed by atoms with van der Waals surface area (Å²) in [6, 6.07) is 11.0. The van der Waals surface area contributed by atoms with Gasteiger partial charge in [0.25, 0.3) is 0 Å². The first-order valence-corrected chi connectivity index (χ1v) is 5.96. The molecule has 1 aromatic carbocycles. The van der Waals surface area contributed by atoms with E-state index in [0.29, 0.717) is 11.3 Å². The zero-order chi connectivity index (χ0) is 13.8. The van der Waals surface area contributed by atoms with E-state index in [2.05, 4.69) is 4.98 Å². The van der Waals surface area contributed by atoms with E-state index >= 15 is 0 Å². The van der Waals surface area contributed by atoms with Gasteiger partial charge in [0.15, 0.2) is 0 Å². The van der Waals surface area contributed by atoms with Crippen molar-refractivity contribution in [3.8, 4) is 17.0 Å². The van der Waals surface area contributed by atoms with Crippen LogP contribution in [-0.4, -0.2) is 23.2 Å². The van der Waals surface area contributed by atoms with Crippen LogP contribution in [0.3, 0.4) is 0 Å². The molecule has 4 nitrogen and oxygen atoms in total. The maximum absolute atomic E-state index is 11.6. The third kappa shape index (κ3) is 2.57. The number of carbonyl (C=O) groups excluding carboxylic acids is 1. The van der Waals surface area contributed by atoms with E-state index in [4.69, 9.17) is 4.74 Å². The summed E-state index contributed by atoms with van der Waals surface area (Å²) in [5.74, 6) is -0.900. The lowest BCUT2D eigenvalue weighted by Crippen LogP contribution is -2.11. The fraction of sp³-hybridized carbons (Fsp3) is 0.200. The van der Waals surface area contributed by atoms with Crippen molar-refractivity contribution in [2.24, 2.45) is 0 Å². The lowest BCUT2D eigenvalue weighted by atomic mass is 9.98. The van der Waals surface area contributed by atoms with Gasteiger partial charge >= 0.3 is 5.97 Å². The van der Waals surface area contributed by atoms with Gasteiger partial charge in [-0.3, -0.25) is 9.78 Å². The normalized spacial score (nSPS) is 11.9. The summed E-state index contributed by atoms with van der Waals surface area (Å²) in [6.07, 6.45) is 1.58. The van der Waals surface area contributed by atoms with Gasteiger partial charge in [0.1, 0.15) is 11.4 Å². The molecular formula is C15H15NO3. The summed E-state index contributed by atoms with van der Waals surface area (Å²) < 4.78 is 4.70. The maximum Gasteiger partial charge on any atom is 0.312 e. The molecule has 98 valence electrons. The van der Waals surface area contributed by atoms with E-state index in [1.54, 1.807) is 19.2 Å². The number of hydrogen-bond donors (Lipinski definition) is 1. The monoisotopic (exact) mass is 257 g/mol. The summed E-state index contributed by atoms with van der Waals surface area (Å²) in [5, 5.41) is 10.3. The first-order chi connectivity index (χ1) is 9.15. The van der Waals surface area contributed by atoms with E-state index in [9.17, 15) is 9.90 Å². The summed E-state index contributed by atoms with van der Waals surface area (Å²) >= 11 is 0. The largest absolute Gasteiger partial charge is 0.505 e. The predicted octanol–water partition coefficient (Wildman–Crippen LogP) is 2.73. The molecule has 1 unspecified atom stereocenters. The Kier molecular flexibility index (Phi) is 3.80. The standard InChI is InChI=1S/C15H15NO3/c1-10(15(18)19-2)12-8-9-16-13(14(12)17)11-6-4-3-5-7-11/h3-10,17H,1-2H3. The van der Waals surface area contributed by atoms with Gasteiger partial charge in [-0.15, -0.1) is 0 Å². The van der Waals surface area contributed by atoms with Crippen molar-refractivity contribution < 1.29 is 14.6 Å². The molecule has 0 radical (unpaired) electrons. The van der Waals surface area contributed by atoms with Crippen LogP contribution in [0.2, 0.25) is 0 Å². The van der Waals surface area contributed by atoms with Gasteiger partial charge in [0, 0.05) is 17.3 Å². The molecule has 0 fully saturated rings. The first kappa shape index (κ1) is 13.1. The number of ether oxygens (including phenoxy) is 1. The molecule has 0 saturated heterocycles. The van der Waals surface area contributed by atoms with E-state index in [1.165, 1.54) is 7.11 Å². The molecule has 0 amide bonds. The average Bonchev–Trinajstić information content (AvgIpc) is 2.47. The molecule has 4 heteroatoms. The second kappa shape index (κ2) is 5.52. The number of carbonyl (C=O) groups is 1. The number of esters is 1. The van der Waals surface area contributed by atoms with Gasteiger partial charge in [-0.2, -0.15) is 0 Å². The summed E-state index contributed by atoms with van der Waals surface area (Å²) in [7, 11) is 1.33. The Morgan fingerprint density at radius 1 is 1.26 bits per heavy atom. The Labute approximate surface area is 111 Å². The highest BCUT2D eigenvalue weighted by molar-refractivity contribution is 5.80. The van der Waals surface area contributed by atoms with E-state index in [0.717, 1.165) is 5.56 Å². The SMILES string of the molecule is COC(=O)C(C)c1ccnc(-c2ccccc2)c1O. The van der Waals surface area contributed by atoms with Crippen molar-refractivity contribution in [1.82, 2.24) is 4.98 Å². The zero-order valence-corrected chi connectivity index (χ0v) is 10.8. The van der Waals surface area contributed by atoms with Crippen molar-refractivity contribution in [3.05, 3.63) is 48.2 Å². The molecule has 0 aliphatic heterocycles. The molecule has 0 aliphatic rings. The van der Waals surface area contributed by atoms with Gasteiger partial charge in [0.05, 0.1) is 13.0 Å². The Bertz CT molecular complexity index is 581. The predicted molar refractivity (Wildman–Crippen MR) is 71.8 cm³/mol. The molecule has 1 aromatic heterocycles. The number of nitrogens with zero attached hydrogens (tertiary/aromatic N) is 1. The van der Waals surface area contributed by atoms with E-state index < -0.39 is 5.92 Å². The molecule has 1 heterocycles. The van der Waals surface area contributed by atoms with Crippen LogP contribution in [0.5, 0.6) is 5.75 Å². The fourth-order valence-corrected chi connectivity index (χ4v) is 1.93. The third-order valence-corrected chi connectivity index (χ3v) is 3.02. The highest BCUT2D eigenvalue weighted by atomic mass is 16.5. The van der Waals surface area contributed by atoms with Crippen molar-refractivity contribution in [2.45, 2.75) is 12.8 Å². The van der Waals surface area contributed by atoms with Crippen LogP contribution < -0.4 is 0 Å². The van der Waals surface area contributed by atoms with Crippen molar-refractivity contribution >= 4 is 5.97 Å². The number of methoxy groups -OCH3 is 1.